The Morgan fingerprint density at radius 1 is 1.40 bits per heavy atom. The Hall–Kier alpha value is -0.840. The van der Waals surface area contributed by atoms with Crippen LogP contribution in [0.25, 0.3) is 0 Å². The molecule has 0 saturated heterocycles. The highest BCUT2D eigenvalue weighted by molar-refractivity contribution is 7.07. The molecule has 0 spiro atoms. The summed E-state index contributed by atoms with van der Waals surface area (Å²) in [6.07, 6.45) is 1.70. The second kappa shape index (κ2) is 4.35. The molecule has 0 bridgehead atoms. The van der Waals surface area contributed by atoms with E-state index in [0.29, 0.717) is 22.4 Å². The van der Waals surface area contributed by atoms with Gasteiger partial charge in [0, 0.05) is 11.6 Å². The summed E-state index contributed by atoms with van der Waals surface area (Å²) >= 11 is 12.8. The normalized spacial score (nSPS) is 10.5. The lowest BCUT2D eigenvalue weighted by Gasteiger charge is -2.03. The molecule has 0 unspecified atom stereocenters. The Morgan fingerprint density at radius 3 is 2.87 bits per heavy atom. The molecule has 3 nitrogen and oxygen atoms in total. The first-order valence-corrected chi connectivity index (χ1v) is 5.75. The standard InChI is InChI=1S/C9H6Cl2N2OS/c10-6-1-2-8(11)12-7(6)5-13-3-4-15-9(13)14/h1-4H,5H2. The Balaban J connectivity index is 2.36. The van der Waals surface area contributed by atoms with E-state index in [4.69, 9.17) is 23.2 Å². The fraction of sp³-hybridized carbons (Fsp3) is 0.111. The van der Waals surface area contributed by atoms with Gasteiger partial charge in [0.05, 0.1) is 17.3 Å². The van der Waals surface area contributed by atoms with Crippen LogP contribution in [0.4, 0.5) is 0 Å². The third-order valence-electron chi connectivity index (χ3n) is 1.85. The SMILES string of the molecule is O=c1sccn1Cc1nc(Cl)ccc1Cl. The van der Waals surface area contributed by atoms with Crippen molar-refractivity contribution in [1.29, 1.82) is 0 Å². The molecule has 0 fully saturated rings. The molecular weight excluding hydrogens is 255 g/mol. The van der Waals surface area contributed by atoms with E-state index in [1.807, 2.05) is 0 Å². The minimum Gasteiger partial charge on any atom is -0.300 e. The van der Waals surface area contributed by atoms with Crippen molar-refractivity contribution in [2.24, 2.45) is 0 Å². The summed E-state index contributed by atoms with van der Waals surface area (Å²) in [6, 6.07) is 3.29. The molecule has 0 aliphatic heterocycles. The fourth-order valence-corrected chi connectivity index (χ4v) is 2.05. The van der Waals surface area contributed by atoms with E-state index in [2.05, 4.69) is 4.98 Å². The van der Waals surface area contributed by atoms with Crippen molar-refractivity contribution in [2.75, 3.05) is 0 Å². The number of hydrogen-bond acceptors (Lipinski definition) is 3. The van der Waals surface area contributed by atoms with Crippen LogP contribution in [0.1, 0.15) is 5.69 Å². The first-order chi connectivity index (χ1) is 7.16. The predicted molar refractivity (Wildman–Crippen MR) is 61.9 cm³/mol. The first-order valence-electron chi connectivity index (χ1n) is 4.11. The number of thiazole rings is 1. The second-order valence-corrected chi connectivity index (χ2v) is 4.51. The van der Waals surface area contributed by atoms with Gasteiger partial charge in [0.1, 0.15) is 5.15 Å². The maximum absolute atomic E-state index is 11.3. The topological polar surface area (TPSA) is 34.9 Å². The van der Waals surface area contributed by atoms with Gasteiger partial charge in [-0.1, -0.05) is 34.5 Å². The van der Waals surface area contributed by atoms with Crippen LogP contribution in [0.2, 0.25) is 10.2 Å². The average Bonchev–Trinajstić information content (AvgIpc) is 2.58. The maximum Gasteiger partial charge on any atom is 0.307 e. The Kier molecular flexibility index (Phi) is 3.09. The smallest absolute Gasteiger partial charge is 0.300 e. The van der Waals surface area contributed by atoms with Crippen molar-refractivity contribution in [1.82, 2.24) is 9.55 Å². The minimum atomic E-state index is -0.0344. The van der Waals surface area contributed by atoms with Crippen LogP contribution in [0.5, 0.6) is 0 Å². The van der Waals surface area contributed by atoms with E-state index < -0.39 is 0 Å². The summed E-state index contributed by atoms with van der Waals surface area (Å²) in [6.45, 7) is 0.349. The summed E-state index contributed by atoms with van der Waals surface area (Å²) in [7, 11) is 0. The number of rotatable bonds is 2. The Morgan fingerprint density at radius 2 is 2.20 bits per heavy atom. The van der Waals surface area contributed by atoms with Gasteiger partial charge >= 0.3 is 4.87 Å². The highest BCUT2D eigenvalue weighted by Crippen LogP contribution is 2.17. The zero-order valence-corrected chi connectivity index (χ0v) is 9.81. The number of hydrogen-bond donors (Lipinski definition) is 0. The molecule has 0 aliphatic carbocycles. The third kappa shape index (κ3) is 2.40. The Labute approximate surface area is 99.9 Å². The summed E-state index contributed by atoms with van der Waals surface area (Å²) in [5, 5.41) is 2.61. The molecule has 0 aliphatic rings. The van der Waals surface area contributed by atoms with E-state index in [9.17, 15) is 4.79 Å². The number of pyridine rings is 1. The quantitative estimate of drug-likeness (QED) is 0.779. The molecular formula is C9H6Cl2N2OS. The zero-order valence-electron chi connectivity index (χ0n) is 7.48. The summed E-state index contributed by atoms with van der Waals surface area (Å²) in [5.74, 6) is 0. The molecule has 0 aromatic carbocycles. The van der Waals surface area contributed by atoms with Crippen molar-refractivity contribution in [3.05, 3.63) is 49.2 Å². The van der Waals surface area contributed by atoms with Gasteiger partial charge in [-0.3, -0.25) is 9.36 Å². The Bertz CT molecular complexity index is 535. The van der Waals surface area contributed by atoms with Crippen molar-refractivity contribution in [3.8, 4) is 0 Å². The van der Waals surface area contributed by atoms with E-state index in [1.165, 1.54) is 4.57 Å². The van der Waals surface area contributed by atoms with Gasteiger partial charge < -0.3 is 0 Å². The summed E-state index contributed by atoms with van der Waals surface area (Å²) in [5.41, 5.74) is 0.602. The molecule has 0 amide bonds. The molecule has 0 N–H and O–H groups in total. The summed E-state index contributed by atoms with van der Waals surface area (Å²) < 4.78 is 1.54. The van der Waals surface area contributed by atoms with E-state index in [1.54, 1.807) is 23.7 Å². The van der Waals surface area contributed by atoms with Gasteiger partial charge in [0.15, 0.2) is 0 Å². The minimum absolute atomic E-state index is 0.0344. The second-order valence-electron chi connectivity index (χ2n) is 2.86. The lowest BCUT2D eigenvalue weighted by Crippen LogP contribution is -2.13. The van der Waals surface area contributed by atoms with Crippen LogP contribution in [-0.2, 0) is 6.54 Å². The number of aromatic nitrogens is 2. The molecule has 2 aromatic heterocycles. The molecule has 2 aromatic rings. The van der Waals surface area contributed by atoms with Gasteiger partial charge in [-0.05, 0) is 12.1 Å². The van der Waals surface area contributed by atoms with Gasteiger partial charge in [0.2, 0.25) is 0 Å². The van der Waals surface area contributed by atoms with Gasteiger partial charge in [-0.25, -0.2) is 4.98 Å². The predicted octanol–water partition coefficient (Wildman–Crippen LogP) is 2.66. The molecule has 0 radical (unpaired) electrons. The first kappa shape index (κ1) is 10.7. The highest BCUT2D eigenvalue weighted by Gasteiger charge is 2.05. The van der Waals surface area contributed by atoms with E-state index in [0.717, 1.165) is 11.3 Å². The average molecular weight is 261 g/mol. The van der Waals surface area contributed by atoms with Gasteiger partial charge in [0.25, 0.3) is 0 Å². The summed E-state index contributed by atoms with van der Waals surface area (Å²) in [4.78, 5) is 15.3. The largest absolute Gasteiger partial charge is 0.307 e. The fourth-order valence-electron chi connectivity index (χ4n) is 1.14. The highest BCUT2D eigenvalue weighted by atomic mass is 35.5. The molecule has 6 heteroatoms. The van der Waals surface area contributed by atoms with Crippen LogP contribution >= 0.6 is 34.5 Å². The van der Waals surface area contributed by atoms with Crippen LogP contribution < -0.4 is 4.87 Å². The molecule has 0 atom stereocenters. The van der Waals surface area contributed by atoms with Crippen molar-refractivity contribution >= 4 is 34.5 Å². The lowest BCUT2D eigenvalue weighted by atomic mass is 10.3. The number of nitrogens with zero attached hydrogens (tertiary/aromatic N) is 2. The van der Waals surface area contributed by atoms with Crippen molar-refractivity contribution in [3.63, 3.8) is 0 Å². The maximum atomic E-state index is 11.3. The van der Waals surface area contributed by atoms with Crippen LogP contribution in [-0.4, -0.2) is 9.55 Å². The van der Waals surface area contributed by atoms with Crippen LogP contribution in [0, 0.1) is 0 Å². The van der Waals surface area contributed by atoms with E-state index in [-0.39, 0.29) is 4.87 Å². The lowest BCUT2D eigenvalue weighted by molar-refractivity contribution is 0.761. The van der Waals surface area contributed by atoms with Gasteiger partial charge in [-0.15, -0.1) is 0 Å². The molecule has 15 heavy (non-hydrogen) atoms. The molecule has 2 heterocycles. The van der Waals surface area contributed by atoms with Crippen molar-refractivity contribution < 1.29 is 0 Å². The monoisotopic (exact) mass is 260 g/mol. The van der Waals surface area contributed by atoms with Crippen LogP contribution in [0.15, 0.2) is 28.5 Å². The van der Waals surface area contributed by atoms with Gasteiger partial charge in [-0.2, -0.15) is 0 Å². The van der Waals surface area contributed by atoms with Crippen LogP contribution in [0.3, 0.4) is 0 Å². The molecule has 0 saturated carbocycles. The number of halogens is 2. The molecule has 2 rings (SSSR count). The zero-order chi connectivity index (χ0) is 10.8. The van der Waals surface area contributed by atoms with Crippen molar-refractivity contribution in [2.45, 2.75) is 6.54 Å². The third-order valence-corrected chi connectivity index (χ3v) is 3.10. The van der Waals surface area contributed by atoms with E-state index >= 15 is 0 Å². The molecule has 78 valence electrons.